The van der Waals surface area contributed by atoms with E-state index in [2.05, 4.69) is 6.58 Å². The monoisotopic (exact) mass is 331 g/mol. The van der Waals surface area contributed by atoms with Gasteiger partial charge in [0.1, 0.15) is 16.2 Å². The molecule has 0 amide bonds. The molecule has 114 valence electrons. The molecule has 1 aliphatic heterocycles. The minimum absolute atomic E-state index is 0.0523. The normalized spacial score (nSPS) is 16.2. The van der Waals surface area contributed by atoms with Crippen LogP contribution in [0.1, 0.15) is 16.8 Å². The van der Waals surface area contributed by atoms with Gasteiger partial charge in [0.05, 0.1) is 12.1 Å². The second-order valence-corrected chi connectivity index (χ2v) is 6.94. The lowest BCUT2D eigenvalue weighted by molar-refractivity contribution is 0.0693. The Hall–Kier alpha value is -1.57. The highest BCUT2D eigenvalue weighted by Crippen LogP contribution is 2.33. The van der Waals surface area contributed by atoms with E-state index >= 15 is 0 Å². The van der Waals surface area contributed by atoms with Crippen molar-refractivity contribution < 1.29 is 23.1 Å². The van der Waals surface area contributed by atoms with Gasteiger partial charge in [-0.05, 0) is 12.5 Å². The molecule has 0 aromatic heterocycles. The number of rotatable bonds is 4. The first-order valence-corrected chi connectivity index (χ1v) is 7.86. The second-order valence-electron chi connectivity index (χ2n) is 4.63. The quantitative estimate of drug-likeness (QED) is 0.853. The summed E-state index contributed by atoms with van der Waals surface area (Å²) < 4.78 is 31.3. The Morgan fingerprint density at radius 3 is 2.62 bits per heavy atom. The van der Waals surface area contributed by atoms with Gasteiger partial charge in [0.25, 0.3) is 0 Å². The average Bonchev–Trinajstić information content (AvgIpc) is 2.85. The molecule has 1 saturated heterocycles. The van der Waals surface area contributed by atoms with Gasteiger partial charge in [0.15, 0.2) is 0 Å². The summed E-state index contributed by atoms with van der Waals surface area (Å²) in [5, 5.41) is 8.90. The van der Waals surface area contributed by atoms with Gasteiger partial charge in [-0.25, -0.2) is 13.2 Å². The van der Waals surface area contributed by atoms with Crippen molar-refractivity contribution in [1.29, 1.82) is 0 Å². The molecule has 1 aromatic rings. The lowest BCUT2D eigenvalue weighted by Gasteiger charge is -2.17. The minimum Gasteiger partial charge on any atom is -0.496 e. The van der Waals surface area contributed by atoms with Gasteiger partial charge in [0.2, 0.25) is 10.0 Å². The zero-order chi connectivity index (χ0) is 15.8. The fourth-order valence-corrected chi connectivity index (χ4v) is 4.08. The van der Waals surface area contributed by atoms with Crippen molar-refractivity contribution >= 4 is 27.6 Å². The molecule has 1 fully saturated rings. The summed E-state index contributed by atoms with van der Waals surface area (Å²) in [4.78, 5) is 10.9. The third kappa shape index (κ3) is 2.90. The van der Waals surface area contributed by atoms with Crippen molar-refractivity contribution in [2.24, 2.45) is 0 Å². The number of carboxylic acid groups (broad SMARTS) is 1. The van der Waals surface area contributed by atoms with E-state index in [9.17, 15) is 13.2 Å². The Kier molecular flexibility index (Phi) is 4.27. The van der Waals surface area contributed by atoms with Crippen LogP contribution in [0.5, 0.6) is 5.75 Å². The van der Waals surface area contributed by atoms with Crippen LogP contribution in [-0.2, 0) is 10.0 Å². The molecule has 6 nitrogen and oxygen atoms in total. The fraction of sp³-hybridized carbons (Fsp3) is 0.308. The summed E-state index contributed by atoms with van der Waals surface area (Å²) in [6.45, 7) is 4.34. The van der Waals surface area contributed by atoms with Gasteiger partial charge in [-0.3, -0.25) is 0 Å². The number of carboxylic acids is 1. The third-order valence-electron chi connectivity index (χ3n) is 3.22. The Labute approximate surface area is 127 Å². The first-order valence-electron chi connectivity index (χ1n) is 6.05. The van der Waals surface area contributed by atoms with Crippen LogP contribution < -0.4 is 4.74 Å². The number of methoxy groups -OCH3 is 1. The first kappa shape index (κ1) is 15.8. The molecule has 1 aromatic carbocycles. The molecule has 0 aliphatic carbocycles. The largest absolute Gasteiger partial charge is 0.496 e. The molecule has 0 saturated carbocycles. The highest BCUT2D eigenvalue weighted by atomic mass is 35.5. The van der Waals surface area contributed by atoms with Gasteiger partial charge in [-0.2, -0.15) is 4.31 Å². The molecular weight excluding hydrogens is 318 g/mol. The molecule has 1 heterocycles. The number of ether oxygens (including phenoxy) is 1. The van der Waals surface area contributed by atoms with Gasteiger partial charge >= 0.3 is 5.97 Å². The molecule has 2 rings (SSSR count). The molecule has 1 aliphatic rings. The molecule has 0 bridgehead atoms. The number of aromatic carboxylic acids is 1. The SMILES string of the molecule is C=C1CCN(S(=O)(=O)c2cc(OC)c(C(=O)O)cc2Cl)C1. The third-order valence-corrected chi connectivity index (χ3v) is 5.53. The smallest absolute Gasteiger partial charge is 0.339 e. The van der Waals surface area contributed by atoms with Gasteiger partial charge in [-0.15, -0.1) is 0 Å². The summed E-state index contributed by atoms with van der Waals surface area (Å²) in [5.41, 5.74) is 0.635. The molecule has 21 heavy (non-hydrogen) atoms. The number of hydrogen-bond acceptors (Lipinski definition) is 4. The molecule has 0 atom stereocenters. The molecule has 0 spiro atoms. The van der Waals surface area contributed by atoms with Crippen molar-refractivity contribution in [1.82, 2.24) is 4.31 Å². The van der Waals surface area contributed by atoms with Gasteiger partial charge in [-0.1, -0.05) is 23.8 Å². The maximum atomic E-state index is 12.5. The summed E-state index contributed by atoms with van der Waals surface area (Å²) in [7, 11) is -2.54. The highest BCUT2D eigenvalue weighted by molar-refractivity contribution is 7.89. The predicted molar refractivity (Wildman–Crippen MR) is 77.5 cm³/mol. The van der Waals surface area contributed by atoms with Gasteiger partial charge in [0, 0.05) is 19.2 Å². The van der Waals surface area contributed by atoms with E-state index in [4.69, 9.17) is 21.4 Å². The van der Waals surface area contributed by atoms with Crippen LogP contribution in [0.25, 0.3) is 0 Å². The fourth-order valence-electron chi connectivity index (χ4n) is 2.10. The number of sulfonamides is 1. The molecular formula is C13H14ClNO5S. The molecule has 0 radical (unpaired) electrons. The van der Waals surface area contributed by atoms with Crippen LogP contribution in [0, 0.1) is 0 Å². The van der Waals surface area contributed by atoms with Gasteiger partial charge < -0.3 is 9.84 Å². The predicted octanol–water partition coefficient (Wildman–Crippen LogP) is 2.00. The maximum Gasteiger partial charge on any atom is 0.339 e. The maximum absolute atomic E-state index is 12.5. The van der Waals surface area contributed by atoms with E-state index in [1.165, 1.54) is 11.4 Å². The Morgan fingerprint density at radius 2 is 2.14 bits per heavy atom. The van der Waals surface area contributed by atoms with Crippen molar-refractivity contribution in [3.05, 3.63) is 34.9 Å². The van der Waals surface area contributed by atoms with E-state index in [1.807, 2.05) is 0 Å². The van der Waals surface area contributed by atoms with Crippen molar-refractivity contribution in [3.8, 4) is 5.75 Å². The molecule has 0 unspecified atom stereocenters. The minimum atomic E-state index is -3.81. The van der Waals surface area contributed by atoms with E-state index in [0.29, 0.717) is 13.0 Å². The van der Waals surface area contributed by atoms with E-state index in [0.717, 1.165) is 17.7 Å². The molecule has 1 N–H and O–H groups in total. The van der Waals surface area contributed by atoms with E-state index < -0.39 is 16.0 Å². The van der Waals surface area contributed by atoms with Crippen molar-refractivity contribution in [2.75, 3.05) is 20.2 Å². The zero-order valence-electron chi connectivity index (χ0n) is 11.3. The van der Waals surface area contributed by atoms with E-state index in [1.54, 1.807) is 0 Å². The number of carbonyl (C=O) groups is 1. The molecule has 8 heteroatoms. The average molecular weight is 332 g/mol. The van der Waals surface area contributed by atoms with Crippen LogP contribution in [-0.4, -0.2) is 44.0 Å². The van der Waals surface area contributed by atoms with Crippen LogP contribution in [0.3, 0.4) is 0 Å². The first-order chi connectivity index (χ1) is 9.77. The van der Waals surface area contributed by atoms with E-state index in [-0.39, 0.29) is 27.8 Å². The Morgan fingerprint density at radius 1 is 1.48 bits per heavy atom. The van der Waals surface area contributed by atoms with Crippen LogP contribution >= 0.6 is 11.6 Å². The summed E-state index contributed by atoms with van der Waals surface area (Å²) in [6.07, 6.45) is 0.598. The number of halogens is 1. The lowest BCUT2D eigenvalue weighted by atomic mass is 10.2. The van der Waals surface area contributed by atoms with Crippen molar-refractivity contribution in [2.45, 2.75) is 11.3 Å². The standard InChI is InChI=1S/C13H14ClNO5S/c1-8-3-4-15(7-8)21(18,19)12-6-11(20-2)9(13(16)17)5-10(12)14/h5-6H,1,3-4,7H2,2H3,(H,16,17). The zero-order valence-corrected chi connectivity index (χ0v) is 12.9. The van der Waals surface area contributed by atoms with Crippen LogP contribution in [0.4, 0.5) is 0 Å². The van der Waals surface area contributed by atoms with Crippen LogP contribution in [0.2, 0.25) is 5.02 Å². The summed E-state index contributed by atoms with van der Waals surface area (Å²) in [6, 6.07) is 2.22. The topological polar surface area (TPSA) is 83.9 Å². The highest BCUT2D eigenvalue weighted by Gasteiger charge is 2.32. The summed E-state index contributed by atoms with van der Waals surface area (Å²) >= 11 is 5.95. The number of nitrogens with zero attached hydrogens (tertiary/aromatic N) is 1. The Balaban J connectivity index is 2.53. The lowest BCUT2D eigenvalue weighted by Crippen LogP contribution is -2.28. The van der Waals surface area contributed by atoms with Crippen molar-refractivity contribution in [3.63, 3.8) is 0 Å². The number of benzene rings is 1. The number of hydrogen-bond donors (Lipinski definition) is 1. The summed E-state index contributed by atoms with van der Waals surface area (Å²) in [5.74, 6) is -1.30. The second kappa shape index (κ2) is 5.67. The Bertz CT molecular complexity index is 714. The van der Waals surface area contributed by atoms with Crippen LogP contribution in [0.15, 0.2) is 29.2 Å².